The van der Waals surface area contributed by atoms with Crippen molar-refractivity contribution < 1.29 is 19.5 Å². The predicted octanol–water partition coefficient (Wildman–Crippen LogP) is -0.962. The van der Waals surface area contributed by atoms with Crippen LogP contribution in [0.5, 0.6) is 0 Å². The molecule has 0 aromatic carbocycles. The summed E-state index contributed by atoms with van der Waals surface area (Å²) in [6.45, 7) is 7.18. The summed E-state index contributed by atoms with van der Waals surface area (Å²) in [6, 6.07) is -2.67. The summed E-state index contributed by atoms with van der Waals surface area (Å²) in [5, 5.41) is 14.8. The highest BCUT2D eigenvalue weighted by molar-refractivity contribution is 5.93. The molecule has 140 valence electrons. The van der Waals surface area contributed by atoms with Crippen molar-refractivity contribution in [2.24, 2.45) is 17.4 Å². The van der Waals surface area contributed by atoms with Gasteiger partial charge in [-0.1, -0.05) is 20.8 Å². The molecular formula is C16H32N4O4. The summed E-state index contributed by atoms with van der Waals surface area (Å²) in [6.07, 6.45) is -0.110. The van der Waals surface area contributed by atoms with Gasteiger partial charge in [0.25, 0.3) is 0 Å². The molecule has 7 N–H and O–H groups in total. The second-order valence-corrected chi connectivity index (χ2v) is 6.42. The number of nitrogens with one attached hydrogen (secondary N) is 2. The fourth-order valence-electron chi connectivity index (χ4n) is 2.27. The van der Waals surface area contributed by atoms with Gasteiger partial charge < -0.3 is 27.2 Å². The highest BCUT2D eigenvalue weighted by atomic mass is 16.3. The van der Waals surface area contributed by atoms with Gasteiger partial charge >= 0.3 is 0 Å². The lowest BCUT2D eigenvalue weighted by Crippen LogP contribution is -2.58. The summed E-state index contributed by atoms with van der Waals surface area (Å²) in [5.74, 6) is -1.07. The minimum absolute atomic E-state index is 0.152. The largest absolute Gasteiger partial charge is 0.391 e. The number of nitrogens with two attached hydrogens (primary N) is 2. The number of aliphatic hydroxyl groups is 1. The molecule has 0 rings (SSSR count). The highest BCUT2D eigenvalue weighted by Gasteiger charge is 2.30. The first-order valence-corrected chi connectivity index (χ1v) is 8.41. The number of hydrogen-bond acceptors (Lipinski definition) is 6. The Labute approximate surface area is 143 Å². The number of aliphatic hydroxyl groups excluding tert-OH is 1. The first-order valence-electron chi connectivity index (χ1n) is 8.41. The van der Waals surface area contributed by atoms with Gasteiger partial charge in [-0.05, 0) is 32.2 Å². The molecular weight excluding hydrogens is 312 g/mol. The minimum atomic E-state index is -1.18. The Morgan fingerprint density at radius 2 is 1.67 bits per heavy atom. The molecule has 0 radical (unpaired) electrons. The second kappa shape index (κ2) is 11.1. The van der Waals surface area contributed by atoms with Crippen molar-refractivity contribution >= 4 is 17.6 Å². The van der Waals surface area contributed by atoms with E-state index in [9.17, 15) is 19.5 Å². The van der Waals surface area contributed by atoms with Gasteiger partial charge in [-0.15, -0.1) is 0 Å². The number of ketones is 1. The van der Waals surface area contributed by atoms with Gasteiger partial charge in [0.15, 0.2) is 5.78 Å². The quantitative estimate of drug-likeness (QED) is 0.326. The summed E-state index contributed by atoms with van der Waals surface area (Å²) in [7, 11) is 0. The molecule has 0 spiro atoms. The molecule has 0 aromatic heterocycles. The zero-order valence-electron chi connectivity index (χ0n) is 15.0. The standard InChI is InChI=1S/C16H32N4O4/c1-5-13(22)12(6-7-17)19-16(24)14(10(4)21)20-15(23)11(18)8-9(2)3/h9-12,14,21H,5-8,17-18H2,1-4H3,(H,19,24)(H,20,23)/t10?,11-,12+,14+/m1/s1. The molecule has 0 aliphatic carbocycles. The lowest BCUT2D eigenvalue weighted by atomic mass is 10.0. The summed E-state index contributed by atoms with van der Waals surface area (Å²) in [4.78, 5) is 36.3. The van der Waals surface area contributed by atoms with Crippen molar-refractivity contribution in [3.8, 4) is 0 Å². The Hall–Kier alpha value is -1.51. The van der Waals surface area contributed by atoms with Gasteiger partial charge in [0, 0.05) is 6.42 Å². The summed E-state index contributed by atoms with van der Waals surface area (Å²) in [5.41, 5.74) is 11.3. The maximum atomic E-state index is 12.4. The molecule has 0 fully saturated rings. The zero-order chi connectivity index (χ0) is 18.9. The number of Topliss-reactive ketones (excluding diaryl/α,β-unsaturated/α-hetero) is 1. The SMILES string of the molecule is CCC(=O)[C@H](CCN)NC(=O)[C@@H](NC(=O)[C@H](N)CC(C)C)C(C)O. The van der Waals surface area contributed by atoms with Gasteiger partial charge in [0.2, 0.25) is 11.8 Å². The van der Waals surface area contributed by atoms with Crippen LogP contribution in [-0.2, 0) is 14.4 Å². The van der Waals surface area contributed by atoms with Crippen LogP contribution in [0.4, 0.5) is 0 Å². The van der Waals surface area contributed by atoms with Gasteiger partial charge in [-0.3, -0.25) is 14.4 Å². The van der Waals surface area contributed by atoms with E-state index in [0.29, 0.717) is 12.8 Å². The molecule has 0 aliphatic rings. The summed E-state index contributed by atoms with van der Waals surface area (Å²) >= 11 is 0. The minimum Gasteiger partial charge on any atom is -0.391 e. The van der Waals surface area contributed by atoms with Crippen LogP contribution >= 0.6 is 0 Å². The van der Waals surface area contributed by atoms with Crippen molar-refractivity contribution in [2.45, 2.75) is 71.2 Å². The second-order valence-electron chi connectivity index (χ2n) is 6.42. The zero-order valence-corrected chi connectivity index (χ0v) is 15.0. The smallest absolute Gasteiger partial charge is 0.245 e. The van der Waals surface area contributed by atoms with E-state index in [4.69, 9.17) is 11.5 Å². The molecule has 0 saturated heterocycles. The third-order valence-electron chi connectivity index (χ3n) is 3.63. The van der Waals surface area contributed by atoms with Gasteiger partial charge in [-0.25, -0.2) is 0 Å². The van der Waals surface area contributed by atoms with Crippen LogP contribution in [0.1, 0.15) is 47.0 Å². The van der Waals surface area contributed by atoms with E-state index in [1.165, 1.54) is 6.92 Å². The van der Waals surface area contributed by atoms with E-state index >= 15 is 0 Å². The predicted molar refractivity (Wildman–Crippen MR) is 91.9 cm³/mol. The van der Waals surface area contributed by atoms with Crippen LogP contribution < -0.4 is 22.1 Å². The third kappa shape index (κ3) is 7.85. The fourth-order valence-corrected chi connectivity index (χ4v) is 2.27. The number of carbonyl (C=O) groups is 3. The number of rotatable bonds is 11. The topological polar surface area (TPSA) is 148 Å². The molecule has 24 heavy (non-hydrogen) atoms. The van der Waals surface area contributed by atoms with Crippen LogP contribution in [0.3, 0.4) is 0 Å². The first-order chi connectivity index (χ1) is 11.1. The Bertz CT molecular complexity index is 426. The van der Waals surface area contributed by atoms with E-state index in [2.05, 4.69) is 10.6 Å². The number of amides is 2. The van der Waals surface area contributed by atoms with Gasteiger partial charge in [0.1, 0.15) is 6.04 Å². The average molecular weight is 344 g/mol. The van der Waals surface area contributed by atoms with Crippen molar-refractivity contribution in [3.63, 3.8) is 0 Å². The molecule has 1 unspecified atom stereocenters. The molecule has 0 aliphatic heterocycles. The third-order valence-corrected chi connectivity index (χ3v) is 3.63. The van der Waals surface area contributed by atoms with Gasteiger partial charge in [-0.2, -0.15) is 0 Å². The average Bonchev–Trinajstić information content (AvgIpc) is 2.49. The fraction of sp³-hybridized carbons (Fsp3) is 0.812. The molecule has 8 heteroatoms. The van der Waals surface area contributed by atoms with Crippen LogP contribution in [0.15, 0.2) is 0 Å². The van der Waals surface area contributed by atoms with Crippen molar-refractivity contribution in [2.75, 3.05) is 6.54 Å². The van der Waals surface area contributed by atoms with Crippen LogP contribution in [0.25, 0.3) is 0 Å². The van der Waals surface area contributed by atoms with Crippen molar-refractivity contribution in [1.29, 1.82) is 0 Å². The Balaban J connectivity index is 4.94. The van der Waals surface area contributed by atoms with E-state index in [0.717, 1.165) is 0 Å². The van der Waals surface area contributed by atoms with Crippen LogP contribution in [0.2, 0.25) is 0 Å². The Morgan fingerprint density at radius 3 is 2.08 bits per heavy atom. The van der Waals surface area contributed by atoms with Gasteiger partial charge in [0.05, 0.1) is 18.2 Å². The Kier molecular flexibility index (Phi) is 10.4. The molecule has 2 amide bonds. The molecule has 8 nitrogen and oxygen atoms in total. The molecule has 0 heterocycles. The van der Waals surface area contributed by atoms with Crippen molar-refractivity contribution in [1.82, 2.24) is 10.6 Å². The van der Waals surface area contributed by atoms with Crippen LogP contribution in [0, 0.1) is 5.92 Å². The lowest BCUT2D eigenvalue weighted by Gasteiger charge is -2.25. The highest BCUT2D eigenvalue weighted by Crippen LogP contribution is 2.05. The maximum absolute atomic E-state index is 12.4. The maximum Gasteiger partial charge on any atom is 0.245 e. The Morgan fingerprint density at radius 1 is 1.08 bits per heavy atom. The molecule has 0 bridgehead atoms. The first kappa shape index (κ1) is 22.5. The number of carbonyl (C=O) groups excluding carboxylic acids is 3. The molecule has 0 aromatic rings. The van der Waals surface area contributed by atoms with E-state index in [1.807, 2.05) is 13.8 Å². The lowest BCUT2D eigenvalue weighted by molar-refractivity contribution is -0.134. The van der Waals surface area contributed by atoms with Crippen molar-refractivity contribution in [3.05, 3.63) is 0 Å². The number of hydrogen-bond donors (Lipinski definition) is 5. The van der Waals surface area contributed by atoms with Crippen LogP contribution in [-0.4, -0.2) is 53.5 Å². The van der Waals surface area contributed by atoms with E-state index in [-0.39, 0.29) is 24.7 Å². The molecule has 0 saturated carbocycles. The monoisotopic (exact) mass is 344 g/mol. The van der Waals surface area contributed by atoms with E-state index in [1.54, 1.807) is 6.92 Å². The summed E-state index contributed by atoms with van der Waals surface area (Å²) < 4.78 is 0. The molecule has 4 atom stereocenters. The normalized spacial score (nSPS) is 16.2. The van der Waals surface area contributed by atoms with E-state index < -0.39 is 36.0 Å².